The molecule has 3 heterocycles. The molecule has 1 N–H and O–H groups in total. The SMILES string of the molecule is Cn1nccc1C1CCNc2cc(CC(C)(C)C)nn21. The van der Waals surface area contributed by atoms with Gasteiger partial charge in [-0.25, -0.2) is 4.68 Å². The quantitative estimate of drug-likeness (QED) is 0.915. The number of anilines is 1. The summed E-state index contributed by atoms with van der Waals surface area (Å²) >= 11 is 0. The number of nitrogens with zero attached hydrogens (tertiary/aromatic N) is 4. The van der Waals surface area contributed by atoms with E-state index >= 15 is 0 Å². The molecular formula is C15H23N5. The van der Waals surface area contributed by atoms with Gasteiger partial charge in [-0.15, -0.1) is 0 Å². The van der Waals surface area contributed by atoms with Crippen LogP contribution in [0.5, 0.6) is 0 Å². The second kappa shape index (κ2) is 4.65. The second-order valence-corrected chi connectivity index (χ2v) is 6.81. The third-order valence-electron chi connectivity index (χ3n) is 3.72. The maximum absolute atomic E-state index is 4.83. The average Bonchev–Trinajstić information content (AvgIpc) is 2.91. The van der Waals surface area contributed by atoms with Crippen molar-refractivity contribution in [2.24, 2.45) is 12.5 Å². The zero-order valence-electron chi connectivity index (χ0n) is 12.7. The molecule has 0 aromatic carbocycles. The normalized spacial score (nSPS) is 18.7. The molecule has 1 unspecified atom stereocenters. The number of aromatic nitrogens is 4. The van der Waals surface area contributed by atoms with Crippen molar-refractivity contribution in [1.82, 2.24) is 19.6 Å². The molecular weight excluding hydrogens is 250 g/mol. The first-order chi connectivity index (χ1) is 9.44. The molecule has 0 amide bonds. The lowest BCUT2D eigenvalue weighted by Gasteiger charge is -2.25. The van der Waals surface area contributed by atoms with Crippen LogP contribution in [-0.4, -0.2) is 26.1 Å². The topological polar surface area (TPSA) is 47.7 Å². The first kappa shape index (κ1) is 13.2. The molecule has 0 saturated carbocycles. The van der Waals surface area contributed by atoms with Gasteiger partial charge >= 0.3 is 0 Å². The molecule has 1 aliphatic rings. The lowest BCUT2D eigenvalue weighted by molar-refractivity contribution is 0.396. The van der Waals surface area contributed by atoms with Gasteiger partial charge in [-0.3, -0.25) is 4.68 Å². The Labute approximate surface area is 120 Å². The van der Waals surface area contributed by atoms with Crippen LogP contribution >= 0.6 is 0 Å². The molecule has 2 aromatic rings. The number of hydrogen-bond acceptors (Lipinski definition) is 3. The molecule has 0 spiro atoms. The number of hydrogen-bond donors (Lipinski definition) is 1. The minimum atomic E-state index is 0.256. The van der Waals surface area contributed by atoms with Gasteiger partial charge < -0.3 is 5.32 Å². The fourth-order valence-electron chi connectivity index (χ4n) is 2.89. The van der Waals surface area contributed by atoms with Crippen molar-refractivity contribution < 1.29 is 0 Å². The first-order valence-corrected chi connectivity index (χ1v) is 7.24. The summed E-state index contributed by atoms with van der Waals surface area (Å²) in [6, 6.07) is 4.56. The van der Waals surface area contributed by atoms with Crippen molar-refractivity contribution in [2.45, 2.75) is 39.7 Å². The van der Waals surface area contributed by atoms with Crippen LogP contribution in [0, 0.1) is 5.41 Å². The van der Waals surface area contributed by atoms with E-state index in [-0.39, 0.29) is 11.5 Å². The summed E-state index contributed by atoms with van der Waals surface area (Å²) in [5.41, 5.74) is 2.64. The van der Waals surface area contributed by atoms with Crippen LogP contribution in [0.4, 0.5) is 5.82 Å². The molecule has 2 aromatic heterocycles. The van der Waals surface area contributed by atoms with Crippen LogP contribution in [0.2, 0.25) is 0 Å². The Bertz CT molecular complexity index is 602. The van der Waals surface area contributed by atoms with Crippen molar-refractivity contribution in [3.05, 3.63) is 29.7 Å². The Morgan fingerprint density at radius 3 is 2.85 bits per heavy atom. The Morgan fingerprint density at radius 1 is 1.40 bits per heavy atom. The predicted octanol–water partition coefficient (Wildman–Crippen LogP) is 2.61. The summed E-state index contributed by atoms with van der Waals surface area (Å²) in [4.78, 5) is 0. The van der Waals surface area contributed by atoms with Crippen molar-refractivity contribution in [2.75, 3.05) is 11.9 Å². The zero-order valence-corrected chi connectivity index (χ0v) is 12.7. The van der Waals surface area contributed by atoms with Crippen LogP contribution in [0.1, 0.15) is 44.6 Å². The van der Waals surface area contributed by atoms with Gasteiger partial charge in [0.1, 0.15) is 5.82 Å². The Hall–Kier alpha value is -1.78. The van der Waals surface area contributed by atoms with E-state index < -0.39 is 0 Å². The molecule has 0 aliphatic carbocycles. The summed E-state index contributed by atoms with van der Waals surface area (Å²) < 4.78 is 4.08. The van der Waals surface area contributed by atoms with E-state index in [9.17, 15) is 0 Å². The van der Waals surface area contributed by atoms with Crippen LogP contribution in [0.25, 0.3) is 0 Å². The van der Waals surface area contributed by atoms with Crippen molar-refractivity contribution in [1.29, 1.82) is 0 Å². The van der Waals surface area contributed by atoms with Gasteiger partial charge in [0.25, 0.3) is 0 Å². The molecule has 1 aliphatic heterocycles. The fourth-order valence-corrected chi connectivity index (χ4v) is 2.89. The molecule has 5 heteroatoms. The molecule has 0 fully saturated rings. The summed E-state index contributed by atoms with van der Waals surface area (Å²) in [7, 11) is 2.00. The Kier molecular flexibility index (Phi) is 3.07. The Balaban J connectivity index is 1.95. The maximum Gasteiger partial charge on any atom is 0.125 e. The van der Waals surface area contributed by atoms with Crippen molar-refractivity contribution >= 4 is 5.82 Å². The van der Waals surface area contributed by atoms with E-state index in [0.29, 0.717) is 0 Å². The number of fused-ring (bicyclic) bond motifs is 1. The minimum Gasteiger partial charge on any atom is -0.370 e. The van der Waals surface area contributed by atoms with Gasteiger partial charge in [-0.2, -0.15) is 10.2 Å². The first-order valence-electron chi connectivity index (χ1n) is 7.24. The molecule has 0 bridgehead atoms. The highest BCUT2D eigenvalue weighted by molar-refractivity contribution is 5.41. The zero-order chi connectivity index (χ0) is 14.3. The Morgan fingerprint density at radius 2 is 2.20 bits per heavy atom. The van der Waals surface area contributed by atoms with E-state index in [4.69, 9.17) is 5.10 Å². The third-order valence-corrected chi connectivity index (χ3v) is 3.72. The minimum absolute atomic E-state index is 0.256. The molecule has 1 atom stereocenters. The van der Waals surface area contributed by atoms with Gasteiger partial charge in [0.05, 0.1) is 17.4 Å². The summed E-state index contributed by atoms with van der Waals surface area (Å²) in [5.74, 6) is 1.13. The number of aryl methyl sites for hydroxylation is 1. The molecule has 20 heavy (non-hydrogen) atoms. The molecule has 108 valence electrons. The van der Waals surface area contributed by atoms with Gasteiger partial charge in [0.2, 0.25) is 0 Å². The van der Waals surface area contributed by atoms with Crippen LogP contribution in [0.15, 0.2) is 18.3 Å². The van der Waals surface area contributed by atoms with E-state index in [0.717, 1.165) is 30.9 Å². The molecule has 5 nitrogen and oxygen atoms in total. The van der Waals surface area contributed by atoms with Gasteiger partial charge in [0.15, 0.2) is 0 Å². The summed E-state index contributed by atoms with van der Waals surface area (Å²) in [6.45, 7) is 7.72. The standard InChI is InChI=1S/C15H23N5/c1-15(2,3)10-11-9-14-16-7-5-13(20(14)18-11)12-6-8-17-19(12)4/h6,8-9,13,16H,5,7,10H2,1-4H3. The number of nitrogens with one attached hydrogen (secondary N) is 1. The van der Waals surface area contributed by atoms with Crippen LogP contribution < -0.4 is 5.32 Å². The van der Waals surface area contributed by atoms with Crippen molar-refractivity contribution in [3.8, 4) is 0 Å². The van der Waals surface area contributed by atoms with Gasteiger partial charge in [0, 0.05) is 25.9 Å². The van der Waals surface area contributed by atoms with E-state index in [1.54, 1.807) is 0 Å². The highest BCUT2D eigenvalue weighted by Crippen LogP contribution is 2.31. The monoisotopic (exact) mass is 273 g/mol. The lowest BCUT2D eigenvalue weighted by atomic mass is 9.91. The van der Waals surface area contributed by atoms with E-state index in [1.165, 1.54) is 5.69 Å². The third kappa shape index (κ3) is 2.44. The average molecular weight is 273 g/mol. The molecule has 0 saturated heterocycles. The number of rotatable bonds is 2. The fraction of sp³-hybridized carbons (Fsp3) is 0.600. The smallest absolute Gasteiger partial charge is 0.125 e. The van der Waals surface area contributed by atoms with Gasteiger partial charge in [-0.05, 0) is 24.3 Å². The van der Waals surface area contributed by atoms with E-state index in [1.807, 2.05) is 17.9 Å². The van der Waals surface area contributed by atoms with Crippen LogP contribution in [0.3, 0.4) is 0 Å². The maximum atomic E-state index is 4.83. The highest BCUT2D eigenvalue weighted by atomic mass is 15.4. The van der Waals surface area contributed by atoms with Crippen molar-refractivity contribution in [3.63, 3.8) is 0 Å². The lowest BCUT2D eigenvalue weighted by Crippen LogP contribution is -2.26. The molecule has 3 rings (SSSR count). The predicted molar refractivity (Wildman–Crippen MR) is 79.8 cm³/mol. The summed E-state index contributed by atoms with van der Waals surface area (Å²) in [6.07, 6.45) is 3.90. The van der Waals surface area contributed by atoms with E-state index in [2.05, 4.69) is 48.0 Å². The molecule has 0 radical (unpaired) electrons. The van der Waals surface area contributed by atoms with Gasteiger partial charge in [-0.1, -0.05) is 20.8 Å². The second-order valence-electron chi connectivity index (χ2n) is 6.81. The van der Waals surface area contributed by atoms with Crippen LogP contribution in [-0.2, 0) is 13.5 Å². The summed E-state index contributed by atoms with van der Waals surface area (Å²) in [5, 5.41) is 12.6. The largest absolute Gasteiger partial charge is 0.370 e. The highest BCUT2D eigenvalue weighted by Gasteiger charge is 2.26.